The van der Waals surface area contributed by atoms with Crippen LogP contribution in [0.4, 0.5) is 0 Å². The molecule has 0 radical (unpaired) electrons. The lowest BCUT2D eigenvalue weighted by Crippen LogP contribution is -2.01. The van der Waals surface area contributed by atoms with Gasteiger partial charge >= 0.3 is 5.97 Å². The van der Waals surface area contributed by atoms with Crippen molar-refractivity contribution in [2.24, 2.45) is 5.73 Å². The number of aromatic carboxylic acids is 1. The first-order valence-electron chi connectivity index (χ1n) is 8.36. The van der Waals surface area contributed by atoms with Crippen molar-refractivity contribution < 1.29 is 9.90 Å². The molecule has 5 heteroatoms. The molecule has 0 aliphatic carbocycles. The second-order valence-corrected chi connectivity index (χ2v) is 6.65. The van der Waals surface area contributed by atoms with E-state index >= 15 is 0 Å². The Bertz CT molecular complexity index is 914. The van der Waals surface area contributed by atoms with Crippen molar-refractivity contribution in [3.05, 3.63) is 58.1 Å². The minimum Gasteiger partial charge on any atom is -0.478 e. The number of benzene rings is 2. The molecule has 4 nitrogen and oxygen atoms in total. The molecular formula is C20H21ClN2O2. The van der Waals surface area contributed by atoms with E-state index in [0.717, 1.165) is 36.1 Å². The van der Waals surface area contributed by atoms with E-state index in [0.29, 0.717) is 22.5 Å². The zero-order chi connectivity index (χ0) is 18.0. The highest BCUT2D eigenvalue weighted by atomic mass is 35.5. The van der Waals surface area contributed by atoms with Gasteiger partial charge in [-0.2, -0.15) is 0 Å². The van der Waals surface area contributed by atoms with Crippen molar-refractivity contribution in [3.63, 3.8) is 0 Å². The summed E-state index contributed by atoms with van der Waals surface area (Å²) in [6, 6.07) is 11.4. The van der Waals surface area contributed by atoms with Crippen LogP contribution in [0.15, 0.2) is 36.4 Å². The Hall–Kier alpha value is -2.30. The quantitative estimate of drug-likeness (QED) is 0.556. The summed E-state index contributed by atoms with van der Waals surface area (Å²) in [5.41, 5.74) is 10.7. The number of hydrogen-bond acceptors (Lipinski definition) is 2. The number of aromatic amines is 1. The third kappa shape index (κ3) is 3.41. The fourth-order valence-corrected chi connectivity index (χ4v) is 3.38. The predicted molar refractivity (Wildman–Crippen MR) is 102 cm³/mol. The van der Waals surface area contributed by atoms with E-state index in [1.54, 1.807) is 12.1 Å². The van der Waals surface area contributed by atoms with Gasteiger partial charge in [0.15, 0.2) is 0 Å². The summed E-state index contributed by atoms with van der Waals surface area (Å²) in [4.78, 5) is 15.1. The lowest BCUT2D eigenvalue weighted by atomic mass is 9.97. The van der Waals surface area contributed by atoms with E-state index in [-0.39, 0.29) is 5.56 Å². The highest BCUT2D eigenvalue weighted by Crippen LogP contribution is 2.37. The predicted octanol–water partition coefficient (Wildman–Crippen LogP) is 4.78. The van der Waals surface area contributed by atoms with Gasteiger partial charge in [0.05, 0.1) is 16.1 Å². The SMILES string of the molecule is Cc1ccc(-c2[nH]c3c(Cl)ccc(C(=O)O)c3c2CCCCN)cc1. The van der Waals surface area contributed by atoms with Crippen LogP contribution < -0.4 is 5.73 Å². The van der Waals surface area contributed by atoms with Crippen molar-refractivity contribution in [1.29, 1.82) is 0 Å². The number of rotatable bonds is 6. The molecule has 0 aliphatic heterocycles. The van der Waals surface area contributed by atoms with Gasteiger partial charge in [-0.05, 0) is 56.0 Å². The van der Waals surface area contributed by atoms with Gasteiger partial charge in [-0.25, -0.2) is 4.79 Å². The number of fused-ring (bicyclic) bond motifs is 1. The molecule has 130 valence electrons. The Morgan fingerprint density at radius 3 is 2.52 bits per heavy atom. The number of unbranched alkanes of at least 4 members (excludes halogenated alkanes) is 1. The Morgan fingerprint density at radius 2 is 1.88 bits per heavy atom. The van der Waals surface area contributed by atoms with Crippen LogP contribution in [0.1, 0.15) is 34.3 Å². The van der Waals surface area contributed by atoms with E-state index in [1.807, 2.05) is 31.2 Å². The molecule has 3 aromatic rings. The van der Waals surface area contributed by atoms with Gasteiger partial charge in [-0.1, -0.05) is 41.4 Å². The molecule has 0 atom stereocenters. The minimum atomic E-state index is -0.948. The molecule has 0 unspecified atom stereocenters. The summed E-state index contributed by atoms with van der Waals surface area (Å²) in [5, 5.41) is 10.8. The number of halogens is 1. The van der Waals surface area contributed by atoms with Crippen LogP contribution in [0.3, 0.4) is 0 Å². The first-order chi connectivity index (χ1) is 12.0. The van der Waals surface area contributed by atoms with E-state index < -0.39 is 5.97 Å². The Morgan fingerprint density at radius 1 is 1.16 bits per heavy atom. The van der Waals surface area contributed by atoms with Crippen LogP contribution in [-0.4, -0.2) is 22.6 Å². The fraction of sp³-hybridized carbons (Fsp3) is 0.250. The molecule has 0 saturated carbocycles. The van der Waals surface area contributed by atoms with Crippen LogP contribution in [0.2, 0.25) is 5.02 Å². The Labute approximate surface area is 151 Å². The molecule has 0 bridgehead atoms. The van der Waals surface area contributed by atoms with E-state index in [1.165, 1.54) is 5.56 Å². The molecule has 0 fully saturated rings. The molecule has 4 N–H and O–H groups in total. The molecule has 2 aromatic carbocycles. The standard InChI is InChI=1S/C20H21ClN2O2/c1-12-5-7-13(8-6-12)18-14(4-2-3-11-22)17-15(20(24)25)9-10-16(21)19(17)23-18/h5-10,23H,2-4,11,22H2,1H3,(H,24,25). The smallest absolute Gasteiger partial charge is 0.336 e. The van der Waals surface area contributed by atoms with Gasteiger partial charge in [0.2, 0.25) is 0 Å². The number of carboxylic acid groups (broad SMARTS) is 1. The molecule has 25 heavy (non-hydrogen) atoms. The van der Waals surface area contributed by atoms with Gasteiger partial charge in [-0.15, -0.1) is 0 Å². The number of nitrogens with one attached hydrogen (secondary N) is 1. The molecule has 1 heterocycles. The Kier molecular flexibility index (Phi) is 5.11. The van der Waals surface area contributed by atoms with Crippen molar-refractivity contribution in [3.8, 4) is 11.3 Å². The molecule has 1 aromatic heterocycles. The summed E-state index contributed by atoms with van der Waals surface area (Å²) in [6.07, 6.45) is 2.54. The largest absolute Gasteiger partial charge is 0.478 e. The van der Waals surface area contributed by atoms with Crippen molar-refractivity contribution in [2.45, 2.75) is 26.2 Å². The van der Waals surface area contributed by atoms with E-state index in [4.69, 9.17) is 17.3 Å². The summed E-state index contributed by atoms with van der Waals surface area (Å²) < 4.78 is 0. The van der Waals surface area contributed by atoms with Gasteiger partial charge in [0.25, 0.3) is 0 Å². The zero-order valence-corrected chi connectivity index (χ0v) is 14.9. The monoisotopic (exact) mass is 356 g/mol. The average Bonchev–Trinajstić information content (AvgIpc) is 2.96. The number of H-pyrrole nitrogens is 1. The van der Waals surface area contributed by atoms with Crippen LogP contribution in [0.5, 0.6) is 0 Å². The topological polar surface area (TPSA) is 79.1 Å². The molecule has 0 spiro atoms. The minimum absolute atomic E-state index is 0.275. The lowest BCUT2D eigenvalue weighted by molar-refractivity contribution is 0.0699. The lowest BCUT2D eigenvalue weighted by Gasteiger charge is -2.07. The van der Waals surface area contributed by atoms with Crippen molar-refractivity contribution in [1.82, 2.24) is 4.98 Å². The molecular weight excluding hydrogens is 336 g/mol. The highest BCUT2D eigenvalue weighted by Gasteiger charge is 2.20. The third-order valence-electron chi connectivity index (χ3n) is 4.46. The summed E-state index contributed by atoms with van der Waals surface area (Å²) in [5.74, 6) is -0.948. The van der Waals surface area contributed by atoms with Crippen molar-refractivity contribution in [2.75, 3.05) is 6.54 Å². The molecule has 0 amide bonds. The van der Waals surface area contributed by atoms with Crippen LogP contribution in [0, 0.1) is 6.92 Å². The van der Waals surface area contributed by atoms with Gasteiger partial charge < -0.3 is 15.8 Å². The van der Waals surface area contributed by atoms with Crippen LogP contribution in [-0.2, 0) is 6.42 Å². The number of aromatic nitrogens is 1. The zero-order valence-electron chi connectivity index (χ0n) is 14.1. The first-order valence-corrected chi connectivity index (χ1v) is 8.74. The normalized spacial score (nSPS) is 11.2. The number of hydrogen-bond donors (Lipinski definition) is 3. The van der Waals surface area contributed by atoms with E-state index in [2.05, 4.69) is 4.98 Å². The molecule has 0 saturated heterocycles. The number of carboxylic acids is 1. The second kappa shape index (κ2) is 7.30. The number of carbonyl (C=O) groups is 1. The van der Waals surface area contributed by atoms with Gasteiger partial charge in [-0.3, -0.25) is 0 Å². The van der Waals surface area contributed by atoms with Crippen molar-refractivity contribution >= 4 is 28.5 Å². The third-order valence-corrected chi connectivity index (χ3v) is 4.77. The van der Waals surface area contributed by atoms with Crippen LogP contribution in [0.25, 0.3) is 22.2 Å². The van der Waals surface area contributed by atoms with E-state index in [9.17, 15) is 9.90 Å². The van der Waals surface area contributed by atoms with Crippen LogP contribution >= 0.6 is 11.6 Å². The fourth-order valence-electron chi connectivity index (χ4n) is 3.18. The first kappa shape index (κ1) is 17.5. The number of nitrogens with two attached hydrogens (primary N) is 1. The maximum atomic E-state index is 11.7. The van der Waals surface area contributed by atoms with Gasteiger partial charge in [0.1, 0.15) is 0 Å². The Balaban J connectivity index is 2.26. The molecule has 0 aliphatic rings. The van der Waals surface area contributed by atoms with Gasteiger partial charge in [0, 0.05) is 11.1 Å². The summed E-state index contributed by atoms with van der Waals surface area (Å²) in [7, 11) is 0. The average molecular weight is 357 g/mol. The molecule has 3 rings (SSSR count). The highest BCUT2D eigenvalue weighted by molar-refractivity contribution is 6.36. The maximum absolute atomic E-state index is 11.7. The summed E-state index contributed by atoms with van der Waals surface area (Å²) in [6.45, 7) is 2.66. The second-order valence-electron chi connectivity index (χ2n) is 6.24. The maximum Gasteiger partial charge on any atom is 0.336 e. The summed E-state index contributed by atoms with van der Waals surface area (Å²) >= 11 is 6.35. The number of aryl methyl sites for hydroxylation is 2.